The molecule has 1 N–H and O–H groups in total. The van der Waals surface area contributed by atoms with Crippen molar-refractivity contribution in [1.29, 1.82) is 0 Å². The summed E-state index contributed by atoms with van der Waals surface area (Å²) in [7, 11) is 0. The average Bonchev–Trinajstić information content (AvgIpc) is 2.77. The Hall–Kier alpha value is -3.38. The van der Waals surface area contributed by atoms with Crippen LogP contribution in [0.1, 0.15) is 16.7 Å². The molecule has 1 aliphatic rings. The Balaban J connectivity index is 1.55. The Bertz CT molecular complexity index is 1160. The number of fused-ring (bicyclic) bond motifs is 1. The molecule has 2 amide bonds. The van der Waals surface area contributed by atoms with Crippen molar-refractivity contribution in [3.63, 3.8) is 0 Å². The summed E-state index contributed by atoms with van der Waals surface area (Å²) in [5.41, 5.74) is 3.55. The molecule has 0 saturated carbocycles. The summed E-state index contributed by atoms with van der Waals surface area (Å²) in [5.74, 6) is 0.0921. The normalized spacial score (nSPS) is 14.2. The first-order chi connectivity index (χ1) is 15.0. The molecule has 5 nitrogen and oxygen atoms in total. The molecule has 0 saturated heterocycles. The number of ether oxygens (including phenoxy) is 1. The van der Waals surface area contributed by atoms with Crippen molar-refractivity contribution in [3.05, 3.63) is 99.7 Å². The third kappa shape index (κ3) is 4.86. The molecule has 6 heteroatoms. The van der Waals surface area contributed by atoms with Crippen molar-refractivity contribution >= 4 is 39.5 Å². The topological polar surface area (TPSA) is 58.6 Å². The first-order valence-electron chi connectivity index (χ1n) is 9.88. The van der Waals surface area contributed by atoms with Crippen LogP contribution >= 0.6 is 15.9 Å². The second kappa shape index (κ2) is 9.18. The number of rotatable bonds is 5. The maximum Gasteiger partial charge on any atom is 0.294 e. The first kappa shape index (κ1) is 20.9. The molecule has 0 aromatic heterocycles. The lowest BCUT2D eigenvalue weighted by molar-refractivity contribution is -0.123. The van der Waals surface area contributed by atoms with Crippen molar-refractivity contribution in [3.8, 4) is 5.75 Å². The monoisotopic (exact) mass is 476 g/mol. The second-order valence-corrected chi connectivity index (χ2v) is 8.11. The fourth-order valence-corrected chi connectivity index (χ4v) is 3.66. The maximum absolute atomic E-state index is 13.2. The number of benzene rings is 3. The molecule has 0 radical (unpaired) electrons. The van der Waals surface area contributed by atoms with Crippen LogP contribution in [0.2, 0.25) is 0 Å². The van der Waals surface area contributed by atoms with Gasteiger partial charge in [0.2, 0.25) is 5.91 Å². The molecule has 3 aromatic rings. The number of anilines is 1. The van der Waals surface area contributed by atoms with Gasteiger partial charge >= 0.3 is 0 Å². The quantitative estimate of drug-likeness (QED) is 0.535. The largest absolute Gasteiger partial charge is 0.449 e. The third-order valence-electron chi connectivity index (χ3n) is 4.94. The summed E-state index contributed by atoms with van der Waals surface area (Å²) < 4.78 is 6.72. The van der Waals surface area contributed by atoms with E-state index in [1.54, 1.807) is 18.2 Å². The van der Waals surface area contributed by atoms with E-state index in [1.165, 1.54) is 4.90 Å². The highest BCUT2D eigenvalue weighted by Crippen LogP contribution is 2.35. The highest BCUT2D eigenvalue weighted by Gasteiger charge is 2.31. The molecule has 156 valence electrons. The molecule has 1 heterocycles. The fourth-order valence-electron chi connectivity index (χ4n) is 3.26. The summed E-state index contributed by atoms with van der Waals surface area (Å²) in [6.45, 7) is 2.32. The van der Waals surface area contributed by atoms with E-state index in [1.807, 2.05) is 67.6 Å². The molecule has 0 bridgehead atoms. The number of para-hydroxylation sites is 2. The lowest BCUT2D eigenvalue weighted by Gasteiger charge is -2.30. The SMILES string of the molecule is Cc1ccc(CNC(=O)CN2C(=O)/C(=C\c3ccccc3Br)Oc3ccccc32)cc1. The van der Waals surface area contributed by atoms with Gasteiger partial charge in [-0.1, -0.05) is 76.1 Å². The second-order valence-electron chi connectivity index (χ2n) is 7.25. The molecule has 0 fully saturated rings. The van der Waals surface area contributed by atoms with Crippen LogP contribution in [-0.2, 0) is 16.1 Å². The minimum atomic E-state index is -0.361. The molecule has 0 unspecified atom stereocenters. The van der Waals surface area contributed by atoms with Crippen LogP contribution in [-0.4, -0.2) is 18.4 Å². The van der Waals surface area contributed by atoms with Gasteiger partial charge in [-0.15, -0.1) is 0 Å². The molecular weight excluding hydrogens is 456 g/mol. The summed E-state index contributed by atoms with van der Waals surface area (Å²) in [4.78, 5) is 27.3. The number of nitrogens with one attached hydrogen (secondary N) is 1. The summed E-state index contributed by atoms with van der Waals surface area (Å²) in [6.07, 6.45) is 1.68. The number of hydrogen-bond donors (Lipinski definition) is 1. The number of carbonyl (C=O) groups excluding carboxylic acids is 2. The van der Waals surface area contributed by atoms with Crippen LogP contribution in [0.25, 0.3) is 6.08 Å². The van der Waals surface area contributed by atoms with Crippen molar-refractivity contribution in [2.45, 2.75) is 13.5 Å². The fraction of sp³-hybridized carbons (Fsp3) is 0.120. The predicted molar refractivity (Wildman–Crippen MR) is 125 cm³/mol. The van der Waals surface area contributed by atoms with E-state index in [-0.39, 0.29) is 24.1 Å². The number of hydrogen-bond acceptors (Lipinski definition) is 3. The van der Waals surface area contributed by atoms with Gasteiger partial charge in [-0.05, 0) is 42.3 Å². The zero-order chi connectivity index (χ0) is 21.8. The number of halogens is 1. The number of aryl methyl sites for hydroxylation is 1. The van der Waals surface area contributed by atoms with E-state index in [2.05, 4.69) is 21.2 Å². The van der Waals surface area contributed by atoms with Crippen LogP contribution in [0, 0.1) is 6.92 Å². The molecule has 3 aromatic carbocycles. The summed E-state index contributed by atoms with van der Waals surface area (Å²) in [5, 5.41) is 2.89. The standard InChI is InChI=1S/C25H21BrN2O3/c1-17-10-12-18(13-11-17)15-27-24(29)16-28-21-8-4-5-9-22(21)31-23(25(28)30)14-19-6-2-3-7-20(19)26/h2-14H,15-16H2,1H3,(H,27,29)/b23-14+. The molecule has 4 rings (SSSR count). The minimum absolute atomic E-state index is 0.0988. The summed E-state index contributed by atoms with van der Waals surface area (Å²) in [6, 6.07) is 22.7. The average molecular weight is 477 g/mol. The van der Waals surface area contributed by atoms with E-state index in [0.717, 1.165) is 21.2 Å². The Labute approximate surface area is 189 Å². The van der Waals surface area contributed by atoms with Gasteiger partial charge in [0.15, 0.2) is 11.5 Å². The smallest absolute Gasteiger partial charge is 0.294 e. The van der Waals surface area contributed by atoms with E-state index >= 15 is 0 Å². The van der Waals surface area contributed by atoms with Gasteiger partial charge in [-0.25, -0.2) is 0 Å². The van der Waals surface area contributed by atoms with Gasteiger partial charge in [0, 0.05) is 11.0 Å². The van der Waals surface area contributed by atoms with E-state index in [9.17, 15) is 9.59 Å². The molecular formula is C25H21BrN2O3. The predicted octanol–water partition coefficient (Wildman–Crippen LogP) is 4.84. The van der Waals surface area contributed by atoms with Gasteiger partial charge in [-0.2, -0.15) is 0 Å². The lowest BCUT2D eigenvalue weighted by atomic mass is 10.1. The number of nitrogens with zero attached hydrogens (tertiary/aromatic N) is 1. The first-order valence-corrected chi connectivity index (χ1v) is 10.7. The Kier molecular flexibility index (Phi) is 6.18. The number of amides is 2. The van der Waals surface area contributed by atoms with E-state index in [4.69, 9.17) is 4.74 Å². The number of carbonyl (C=O) groups is 2. The van der Waals surface area contributed by atoms with Crippen molar-refractivity contribution in [1.82, 2.24) is 5.32 Å². The zero-order valence-corrected chi connectivity index (χ0v) is 18.6. The zero-order valence-electron chi connectivity index (χ0n) is 17.0. The van der Waals surface area contributed by atoms with E-state index in [0.29, 0.717) is 18.0 Å². The third-order valence-corrected chi connectivity index (χ3v) is 5.66. The molecule has 1 aliphatic heterocycles. The van der Waals surface area contributed by atoms with Crippen molar-refractivity contribution in [2.24, 2.45) is 0 Å². The van der Waals surface area contributed by atoms with E-state index < -0.39 is 0 Å². The highest BCUT2D eigenvalue weighted by atomic mass is 79.9. The Morgan fingerprint density at radius 3 is 2.52 bits per heavy atom. The van der Waals surface area contributed by atoms with Crippen molar-refractivity contribution in [2.75, 3.05) is 11.4 Å². The summed E-state index contributed by atoms with van der Waals surface area (Å²) >= 11 is 3.49. The van der Waals surface area contributed by atoms with Gasteiger partial charge < -0.3 is 10.1 Å². The molecule has 0 spiro atoms. The van der Waals surface area contributed by atoms with Gasteiger partial charge in [0.25, 0.3) is 5.91 Å². The Morgan fingerprint density at radius 2 is 1.74 bits per heavy atom. The van der Waals surface area contributed by atoms with Gasteiger partial charge in [0.1, 0.15) is 6.54 Å². The van der Waals surface area contributed by atoms with Crippen LogP contribution in [0.15, 0.2) is 83.0 Å². The minimum Gasteiger partial charge on any atom is -0.449 e. The van der Waals surface area contributed by atoms with Crippen molar-refractivity contribution < 1.29 is 14.3 Å². The van der Waals surface area contributed by atoms with Crippen LogP contribution in [0.5, 0.6) is 5.75 Å². The molecule has 31 heavy (non-hydrogen) atoms. The van der Waals surface area contributed by atoms with Gasteiger partial charge in [0.05, 0.1) is 5.69 Å². The van der Waals surface area contributed by atoms with Crippen LogP contribution in [0.4, 0.5) is 5.69 Å². The van der Waals surface area contributed by atoms with Gasteiger partial charge in [-0.3, -0.25) is 14.5 Å². The highest BCUT2D eigenvalue weighted by molar-refractivity contribution is 9.10. The van der Waals surface area contributed by atoms with Crippen LogP contribution < -0.4 is 15.0 Å². The van der Waals surface area contributed by atoms with Crippen LogP contribution in [0.3, 0.4) is 0 Å². The maximum atomic E-state index is 13.2. The Morgan fingerprint density at radius 1 is 1.03 bits per heavy atom. The molecule has 0 aliphatic carbocycles. The lowest BCUT2D eigenvalue weighted by Crippen LogP contribution is -2.44. The molecule has 0 atom stereocenters.